The number of hydrogen-bond acceptors (Lipinski definition) is 7. The average molecular weight is 457 g/mol. The molecule has 0 aromatic carbocycles. The molecule has 8 heteroatoms. The molecule has 2 unspecified atom stereocenters. The van der Waals surface area contributed by atoms with E-state index < -0.39 is 0 Å². The number of fused-ring (bicyclic) bond motifs is 4. The van der Waals surface area contributed by atoms with Crippen LogP contribution < -0.4 is 5.73 Å². The number of aromatic nitrogens is 4. The third-order valence-corrected chi connectivity index (χ3v) is 8.52. The van der Waals surface area contributed by atoms with E-state index in [1.165, 1.54) is 25.7 Å². The number of rotatable bonds is 3. The van der Waals surface area contributed by atoms with Gasteiger partial charge >= 0.3 is 0 Å². The number of nitrogen functional groups attached to an aromatic ring is 1. The van der Waals surface area contributed by atoms with Crippen molar-refractivity contribution in [2.75, 3.05) is 12.8 Å². The summed E-state index contributed by atoms with van der Waals surface area (Å²) < 4.78 is 9.55. The fraction of sp³-hybridized carbons (Fsp3) is 0.320. The number of piperidine rings is 1. The molecule has 5 aromatic rings. The molecule has 2 saturated heterocycles. The van der Waals surface area contributed by atoms with Crippen LogP contribution in [0.4, 0.5) is 5.82 Å². The quantitative estimate of drug-likeness (QED) is 0.394. The monoisotopic (exact) mass is 456 g/mol. The molecule has 166 valence electrons. The molecule has 5 aromatic heterocycles. The summed E-state index contributed by atoms with van der Waals surface area (Å²) in [6.45, 7) is 0. The van der Waals surface area contributed by atoms with Crippen LogP contribution >= 0.6 is 11.3 Å². The first-order valence-corrected chi connectivity index (χ1v) is 12.3. The van der Waals surface area contributed by atoms with Crippen molar-refractivity contribution in [3.8, 4) is 22.5 Å². The molecule has 2 fully saturated rings. The number of furan rings is 1. The van der Waals surface area contributed by atoms with Gasteiger partial charge in [-0.05, 0) is 44.9 Å². The fourth-order valence-corrected chi connectivity index (χ4v) is 6.67. The molecule has 2 aliphatic rings. The van der Waals surface area contributed by atoms with E-state index in [1.807, 2.05) is 30.9 Å². The molecule has 2 N–H and O–H groups in total. The van der Waals surface area contributed by atoms with Crippen LogP contribution in [0.2, 0.25) is 0 Å². The van der Waals surface area contributed by atoms with Gasteiger partial charge in [-0.15, -0.1) is 11.3 Å². The van der Waals surface area contributed by atoms with Crippen molar-refractivity contribution >= 4 is 38.2 Å². The molecule has 0 radical (unpaired) electrons. The second-order valence-electron chi connectivity index (χ2n) is 9.32. The molecule has 2 aliphatic heterocycles. The van der Waals surface area contributed by atoms with Crippen molar-refractivity contribution < 1.29 is 4.42 Å². The highest BCUT2D eigenvalue weighted by molar-refractivity contribution is 7.17. The van der Waals surface area contributed by atoms with Gasteiger partial charge in [0.15, 0.2) is 11.4 Å². The first kappa shape index (κ1) is 19.3. The first-order valence-electron chi connectivity index (χ1n) is 11.4. The lowest BCUT2D eigenvalue weighted by atomic mass is 9.98. The summed E-state index contributed by atoms with van der Waals surface area (Å²) in [6, 6.07) is 5.92. The van der Waals surface area contributed by atoms with Gasteiger partial charge in [0.1, 0.15) is 5.76 Å². The van der Waals surface area contributed by atoms with E-state index in [4.69, 9.17) is 15.2 Å². The van der Waals surface area contributed by atoms with Crippen LogP contribution in [-0.4, -0.2) is 43.8 Å². The van der Waals surface area contributed by atoms with E-state index in [9.17, 15) is 0 Å². The lowest BCUT2D eigenvalue weighted by molar-refractivity contribution is 0.131. The Morgan fingerprint density at radius 2 is 1.91 bits per heavy atom. The zero-order valence-corrected chi connectivity index (χ0v) is 19.1. The number of pyridine rings is 2. The van der Waals surface area contributed by atoms with Crippen LogP contribution in [0.1, 0.15) is 31.7 Å². The van der Waals surface area contributed by atoms with Gasteiger partial charge in [-0.25, -0.2) is 4.98 Å². The molecule has 0 amide bonds. The maximum Gasteiger partial charge on any atom is 0.177 e. The smallest absolute Gasteiger partial charge is 0.177 e. The van der Waals surface area contributed by atoms with E-state index in [0.717, 1.165) is 37.9 Å². The second-order valence-corrected chi connectivity index (χ2v) is 10.2. The largest absolute Gasteiger partial charge is 0.452 e. The van der Waals surface area contributed by atoms with Crippen LogP contribution in [0.5, 0.6) is 0 Å². The van der Waals surface area contributed by atoms with Gasteiger partial charge in [-0.1, -0.05) is 0 Å². The summed E-state index contributed by atoms with van der Waals surface area (Å²) >= 11 is 1.66. The van der Waals surface area contributed by atoms with Gasteiger partial charge in [0.25, 0.3) is 0 Å². The molecule has 0 saturated carbocycles. The van der Waals surface area contributed by atoms with Gasteiger partial charge in [-0.2, -0.15) is 5.10 Å². The first-order chi connectivity index (χ1) is 16.2. The minimum atomic E-state index is 0.403. The predicted octanol–water partition coefficient (Wildman–Crippen LogP) is 5.35. The summed E-state index contributed by atoms with van der Waals surface area (Å²) in [5.41, 5.74) is 9.94. The summed E-state index contributed by atoms with van der Waals surface area (Å²) in [5, 5.41) is 8.98. The van der Waals surface area contributed by atoms with Crippen molar-refractivity contribution in [2.24, 2.45) is 0 Å². The van der Waals surface area contributed by atoms with Gasteiger partial charge in [0, 0.05) is 69.7 Å². The van der Waals surface area contributed by atoms with Crippen LogP contribution in [0.3, 0.4) is 0 Å². The number of nitrogens with two attached hydrogens (primary N) is 1. The Kier molecular flexibility index (Phi) is 4.16. The molecule has 7 heterocycles. The number of nitrogens with zero attached hydrogens (tertiary/aromatic N) is 5. The van der Waals surface area contributed by atoms with Crippen molar-refractivity contribution in [3.05, 3.63) is 48.5 Å². The third kappa shape index (κ3) is 2.94. The van der Waals surface area contributed by atoms with Crippen molar-refractivity contribution in [1.82, 2.24) is 24.6 Å². The molecule has 2 atom stereocenters. The number of thiophene rings is 1. The van der Waals surface area contributed by atoms with Crippen LogP contribution in [0.25, 0.3) is 43.5 Å². The standard InChI is InChI=1S/C25H24N6OS/c1-30-15-2-3-16(30)7-17(6-15)31-12-14(9-29-31)20-10-28-25(26)24-19(20)8-22(32-24)21-13-33-23-11-27-5-4-18(21)23/h4-5,8-13,15-17H,2-3,6-7H2,1H3,(H2,26,28). The Labute approximate surface area is 194 Å². The molecule has 0 spiro atoms. The number of hydrogen-bond donors (Lipinski definition) is 1. The molecular weight excluding hydrogens is 432 g/mol. The Morgan fingerprint density at radius 3 is 2.76 bits per heavy atom. The Bertz CT molecular complexity index is 1490. The van der Waals surface area contributed by atoms with Crippen molar-refractivity contribution in [1.29, 1.82) is 0 Å². The summed E-state index contributed by atoms with van der Waals surface area (Å²) in [5.74, 6) is 1.20. The topological polar surface area (TPSA) is 86.0 Å². The van der Waals surface area contributed by atoms with E-state index in [-0.39, 0.29) is 0 Å². The van der Waals surface area contributed by atoms with Crippen LogP contribution in [0.15, 0.2) is 52.9 Å². The summed E-state index contributed by atoms with van der Waals surface area (Å²) in [6.07, 6.45) is 14.6. The molecular formula is C25H24N6OS. The second kappa shape index (κ2) is 7.13. The molecule has 0 aliphatic carbocycles. The molecule has 33 heavy (non-hydrogen) atoms. The van der Waals surface area contributed by atoms with Gasteiger partial charge < -0.3 is 15.1 Å². The van der Waals surface area contributed by atoms with Crippen molar-refractivity contribution in [3.63, 3.8) is 0 Å². The van der Waals surface area contributed by atoms with Gasteiger partial charge in [0.2, 0.25) is 0 Å². The van der Waals surface area contributed by atoms with Crippen LogP contribution in [0, 0.1) is 0 Å². The predicted molar refractivity (Wildman–Crippen MR) is 131 cm³/mol. The minimum Gasteiger partial charge on any atom is -0.452 e. The normalized spacial score (nSPS) is 23.1. The Morgan fingerprint density at radius 1 is 1.06 bits per heavy atom. The van der Waals surface area contributed by atoms with Crippen LogP contribution in [-0.2, 0) is 0 Å². The van der Waals surface area contributed by atoms with E-state index >= 15 is 0 Å². The maximum atomic E-state index is 6.25. The van der Waals surface area contributed by atoms with E-state index in [2.05, 4.69) is 44.2 Å². The highest BCUT2D eigenvalue weighted by Crippen LogP contribution is 2.42. The fourth-order valence-electron chi connectivity index (χ4n) is 5.76. The van der Waals surface area contributed by atoms with E-state index in [0.29, 0.717) is 29.5 Å². The maximum absolute atomic E-state index is 6.25. The Hall–Kier alpha value is -3.23. The molecule has 7 nitrogen and oxygen atoms in total. The molecule has 7 rings (SSSR count). The minimum absolute atomic E-state index is 0.403. The van der Waals surface area contributed by atoms with Crippen molar-refractivity contribution in [2.45, 2.75) is 43.8 Å². The highest BCUT2D eigenvalue weighted by Gasteiger charge is 2.39. The Balaban J connectivity index is 1.29. The summed E-state index contributed by atoms with van der Waals surface area (Å²) in [4.78, 5) is 11.2. The third-order valence-electron chi connectivity index (χ3n) is 7.59. The SMILES string of the molecule is CN1C2CCC1CC(n1cc(-c3cnc(N)c4oc(-c5csc6cnccc56)cc34)cn1)C2. The average Bonchev–Trinajstić information content (AvgIpc) is 3.59. The summed E-state index contributed by atoms with van der Waals surface area (Å²) in [7, 11) is 2.27. The zero-order chi connectivity index (χ0) is 22.1. The van der Waals surface area contributed by atoms with E-state index in [1.54, 1.807) is 11.3 Å². The zero-order valence-electron chi connectivity index (χ0n) is 18.3. The van der Waals surface area contributed by atoms with Gasteiger partial charge in [0.05, 0.1) is 16.9 Å². The molecule has 2 bridgehead atoms. The lowest BCUT2D eigenvalue weighted by Crippen LogP contribution is -2.40. The lowest BCUT2D eigenvalue weighted by Gasteiger charge is -2.36. The highest BCUT2D eigenvalue weighted by atomic mass is 32.1. The van der Waals surface area contributed by atoms with Gasteiger partial charge in [-0.3, -0.25) is 9.67 Å². The number of anilines is 1.